The summed E-state index contributed by atoms with van der Waals surface area (Å²) in [6, 6.07) is 0. The number of allylic oxidation sites excluding steroid dienone is 7. The van der Waals surface area contributed by atoms with E-state index in [0.717, 1.165) is 6.42 Å². The summed E-state index contributed by atoms with van der Waals surface area (Å²) in [6.45, 7) is 12.4. The summed E-state index contributed by atoms with van der Waals surface area (Å²) in [5, 5.41) is 0. The zero-order chi connectivity index (χ0) is 11.0. The lowest BCUT2D eigenvalue weighted by Crippen LogP contribution is -1.85. The minimum atomic E-state index is 1.10. The van der Waals surface area contributed by atoms with E-state index in [-0.39, 0.29) is 0 Å². The van der Waals surface area contributed by atoms with Crippen molar-refractivity contribution in [2.24, 2.45) is 0 Å². The largest absolute Gasteiger partial charge is 0.0988 e. The van der Waals surface area contributed by atoms with E-state index in [1.807, 2.05) is 13.0 Å². The molecule has 0 N–H and O–H groups in total. The molecular weight excluding hydrogens is 168 g/mol. The van der Waals surface area contributed by atoms with E-state index in [2.05, 4.69) is 45.6 Å². The minimum Gasteiger partial charge on any atom is -0.0988 e. The van der Waals surface area contributed by atoms with Crippen molar-refractivity contribution in [3.05, 3.63) is 47.6 Å². The Balaban J connectivity index is 5.08. The lowest BCUT2D eigenvalue weighted by molar-refractivity contribution is 0.921. The zero-order valence-electron chi connectivity index (χ0n) is 9.93. The molecule has 0 aliphatic heterocycles. The maximum Gasteiger partial charge on any atom is -0.0229 e. The molecule has 0 spiro atoms. The predicted octanol–water partition coefficient (Wildman–Crippen LogP) is 4.81. The molecule has 0 aliphatic rings. The number of rotatable bonds is 5. The fraction of sp³-hybridized carbons (Fsp3) is 0.429. The van der Waals surface area contributed by atoms with Crippen molar-refractivity contribution >= 4 is 0 Å². The van der Waals surface area contributed by atoms with Crippen LogP contribution in [0.2, 0.25) is 0 Å². The van der Waals surface area contributed by atoms with Crippen LogP contribution in [0.3, 0.4) is 0 Å². The van der Waals surface area contributed by atoms with Crippen molar-refractivity contribution in [1.82, 2.24) is 0 Å². The number of hydrogen-bond donors (Lipinski definition) is 0. The Morgan fingerprint density at radius 1 is 1.29 bits per heavy atom. The van der Waals surface area contributed by atoms with E-state index < -0.39 is 0 Å². The van der Waals surface area contributed by atoms with Crippen LogP contribution < -0.4 is 0 Å². The number of hydrogen-bond acceptors (Lipinski definition) is 0. The van der Waals surface area contributed by atoms with Crippen LogP contribution >= 0.6 is 0 Å². The second kappa shape index (κ2) is 7.37. The van der Waals surface area contributed by atoms with Gasteiger partial charge in [-0.2, -0.15) is 0 Å². The highest BCUT2D eigenvalue weighted by Crippen LogP contribution is 2.16. The second-order valence-corrected chi connectivity index (χ2v) is 3.66. The molecule has 0 aliphatic carbocycles. The van der Waals surface area contributed by atoms with Crippen LogP contribution in [0.5, 0.6) is 0 Å². The van der Waals surface area contributed by atoms with E-state index in [1.54, 1.807) is 0 Å². The quantitative estimate of drug-likeness (QED) is 0.546. The lowest BCUT2D eigenvalue weighted by Gasteiger charge is -2.04. The average molecular weight is 190 g/mol. The van der Waals surface area contributed by atoms with Crippen molar-refractivity contribution in [2.45, 2.75) is 40.5 Å². The van der Waals surface area contributed by atoms with Crippen molar-refractivity contribution in [3.8, 4) is 0 Å². The summed E-state index contributed by atoms with van der Waals surface area (Å²) in [6.07, 6.45) is 10.7. The van der Waals surface area contributed by atoms with Crippen molar-refractivity contribution < 1.29 is 0 Å². The molecular formula is C14H22. The lowest BCUT2D eigenvalue weighted by atomic mass is 10.0. The van der Waals surface area contributed by atoms with Gasteiger partial charge in [0.15, 0.2) is 0 Å². The van der Waals surface area contributed by atoms with Crippen LogP contribution in [-0.2, 0) is 0 Å². The van der Waals surface area contributed by atoms with Crippen LogP contribution in [-0.4, -0.2) is 0 Å². The monoisotopic (exact) mass is 190 g/mol. The molecule has 0 saturated heterocycles. The molecule has 0 amide bonds. The maximum absolute atomic E-state index is 3.87. The predicted molar refractivity (Wildman–Crippen MR) is 66.4 cm³/mol. The van der Waals surface area contributed by atoms with Gasteiger partial charge < -0.3 is 0 Å². The Kier molecular flexibility index (Phi) is 6.82. The van der Waals surface area contributed by atoms with Gasteiger partial charge in [-0.1, -0.05) is 49.8 Å². The van der Waals surface area contributed by atoms with Gasteiger partial charge in [0.1, 0.15) is 0 Å². The molecule has 0 unspecified atom stereocenters. The SMILES string of the molecule is C=C/C(CCC)=C(C=C(C)C)/C=C\C. The molecule has 0 rings (SSSR count). The third-order valence-electron chi connectivity index (χ3n) is 1.93. The first-order valence-electron chi connectivity index (χ1n) is 5.28. The third kappa shape index (κ3) is 4.86. The topological polar surface area (TPSA) is 0 Å². The van der Waals surface area contributed by atoms with Gasteiger partial charge in [-0.3, -0.25) is 0 Å². The average Bonchev–Trinajstić information content (AvgIpc) is 2.13. The molecule has 0 bridgehead atoms. The normalized spacial score (nSPS) is 12.6. The molecule has 0 aromatic rings. The Labute approximate surface area is 88.7 Å². The molecule has 0 saturated carbocycles. The molecule has 0 atom stereocenters. The summed E-state index contributed by atoms with van der Waals surface area (Å²) in [4.78, 5) is 0. The van der Waals surface area contributed by atoms with Gasteiger partial charge in [-0.15, -0.1) is 0 Å². The first kappa shape index (κ1) is 13.0. The van der Waals surface area contributed by atoms with Gasteiger partial charge >= 0.3 is 0 Å². The van der Waals surface area contributed by atoms with E-state index in [9.17, 15) is 0 Å². The van der Waals surface area contributed by atoms with Gasteiger partial charge in [-0.05, 0) is 38.3 Å². The standard InChI is InChI=1S/C14H22/c1-6-9-13(8-3)14(10-7-2)11-12(4)5/h7-8,10-11H,3,6,9H2,1-2,4-5H3/b10-7-,14-13+. The van der Waals surface area contributed by atoms with Gasteiger partial charge in [0.2, 0.25) is 0 Å². The first-order valence-corrected chi connectivity index (χ1v) is 5.28. The summed E-state index contributed by atoms with van der Waals surface area (Å²) in [7, 11) is 0. The summed E-state index contributed by atoms with van der Waals surface area (Å²) < 4.78 is 0. The molecule has 0 heterocycles. The molecule has 0 aromatic heterocycles. The van der Waals surface area contributed by atoms with Gasteiger partial charge in [-0.25, -0.2) is 0 Å². The molecule has 0 aromatic carbocycles. The van der Waals surface area contributed by atoms with Crippen molar-refractivity contribution in [1.29, 1.82) is 0 Å². The highest BCUT2D eigenvalue weighted by Gasteiger charge is 1.96. The van der Waals surface area contributed by atoms with Gasteiger partial charge in [0, 0.05) is 0 Å². The fourth-order valence-electron chi connectivity index (χ4n) is 1.37. The minimum absolute atomic E-state index is 1.10. The van der Waals surface area contributed by atoms with Gasteiger partial charge in [0.25, 0.3) is 0 Å². The van der Waals surface area contributed by atoms with E-state index >= 15 is 0 Å². The first-order chi connectivity index (χ1) is 6.65. The Bertz CT molecular complexity index is 258. The van der Waals surface area contributed by atoms with Crippen molar-refractivity contribution in [3.63, 3.8) is 0 Å². The Hall–Kier alpha value is -1.04. The maximum atomic E-state index is 3.87. The van der Waals surface area contributed by atoms with E-state index in [4.69, 9.17) is 0 Å². The second-order valence-electron chi connectivity index (χ2n) is 3.66. The molecule has 14 heavy (non-hydrogen) atoms. The molecule has 0 radical (unpaired) electrons. The molecule has 78 valence electrons. The van der Waals surface area contributed by atoms with Crippen LogP contribution in [0.4, 0.5) is 0 Å². The molecule has 0 fully saturated rings. The Morgan fingerprint density at radius 3 is 2.29 bits per heavy atom. The van der Waals surface area contributed by atoms with Crippen LogP contribution in [0.25, 0.3) is 0 Å². The van der Waals surface area contributed by atoms with Crippen LogP contribution in [0.1, 0.15) is 40.5 Å². The van der Waals surface area contributed by atoms with E-state index in [1.165, 1.54) is 23.1 Å². The highest BCUT2D eigenvalue weighted by molar-refractivity contribution is 5.41. The van der Waals surface area contributed by atoms with Crippen molar-refractivity contribution in [2.75, 3.05) is 0 Å². The third-order valence-corrected chi connectivity index (χ3v) is 1.93. The van der Waals surface area contributed by atoms with Crippen LogP contribution in [0.15, 0.2) is 47.6 Å². The highest BCUT2D eigenvalue weighted by atomic mass is 14.0. The summed E-state index contributed by atoms with van der Waals surface area (Å²) in [5.41, 5.74) is 3.96. The smallest absolute Gasteiger partial charge is 0.0229 e. The Morgan fingerprint density at radius 2 is 1.93 bits per heavy atom. The molecule has 0 heteroatoms. The van der Waals surface area contributed by atoms with Crippen LogP contribution in [0, 0.1) is 0 Å². The summed E-state index contributed by atoms with van der Waals surface area (Å²) >= 11 is 0. The summed E-state index contributed by atoms with van der Waals surface area (Å²) in [5.74, 6) is 0. The van der Waals surface area contributed by atoms with E-state index in [0.29, 0.717) is 0 Å². The molecule has 0 nitrogen and oxygen atoms in total. The fourth-order valence-corrected chi connectivity index (χ4v) is 1.37. The zero-order valence-corrected chi connectivity index (χ0v) is 9.93. The van der Waals surface area contributed by atoms with Gasteiger partial charge in [0.05, 0.1) is 0 Å².